The topological polar surface area (TPSA) is 117 Å². The molecular formula is C31H33N3O6. The highest BCUT2D eigenvalue weighted by Gasteiger charge is 2.36. The van der Waals surface area contributed by atoms with Crippen LogP contribution >= 0.6 is 0 Å². The van der Waals surface area contributed by atoms with Gasteiger partial charge in [-0.05, 0) is 72.8 Å². The van der Waals surface area contributed by atoms with Gasteiger partial charge in [0.25, 0.3) is 5.91 Å². The van der Waals surface area contributed by atoms with Crippen molar-refractivity contribution in [2.45, 2.75) is 31.6 Å². The van der Waals surface area contributed by atoms with Crippen molar-refractivity contribution in [3.05, 3.63) is 101 Å². The Labute approximate surface area is 233 Å². The number of aliphatic carboxylic acids is 1. The van der Waals surface area contributed by atoms with Crippen molar-refractivity contribution in [2.75, 3.05) is 26.2 Å². The zero-order valence-electron chi connectivity index (χ0n) is 22.1. The van der Waals surface area contributed by atoms with Crippen molar-refractivity contribution in [1.29, 1.82) is 0 Å². The summed E-state index contributed by atoms with van der Waals surface area (Å²) in [5.74, 6) is -0.490. The van der Waals surface area contributed by atoms with Crippen LogP contribution in [0.15, 0.2) is 78.9 Å². The molecule has 3 aromatic rings. The first-order valence-corrected chi connectivity index (χ1v) is 13.5. The van der Waals surface area contributed by atoms with Crippen LogP contribution in [0.1, 0.15) is 45.9 Å². The summed E-state index contributed by atoms with van der Waals surface area (Å²) in [6.45, 7) is 2.79. The first-order chi connectivity index (χ1) is 19.4. The molecule has 1 unspecified atom stereocenters. The second-order valence-electron chi connectivity index (χ2n) is 10.2. The van der Waals surface area contributed by atoms with E-state index in [0.29, 0.717) is 17.2 Å². The third-order valence-electron chi connectivity index (χ3n) is 7.46. The molecule has 0 radical (unpaired) electrons. The van der Waals surface area contributed by atoms with Gasteiger partial charge in [0.05, 0.1) is 6.04 Å². The molecule has 0 spiro atoms. The predicted molar refractivity (Wildman–Crippen MR) is 148 cm³/mol. The third kappa shape index (κ3) is 6.98. The Hall–Kier alpha value is -4.37. The molecule has 3 saturated heterocycles. The summed E-state index contributed by atoms with van der Waals surface area (Å²) in [5.41, 5.74) is 3.01. The first kappa shape index (κ1) is 27.2. The molecule has 2 atom stereocenters. The molecule has 208 valence electrons. The minimum Gasteiger partial charge on any atom is -0.489 e. The summed E-state index contributed by atoms with van der Waals surface area (Å²) in [6, 6.07) is 23.7. The molecule has 3 aliphatic heterocycles. The number of fused-ring (bicyclic) bond motifs is 3. The van der Waals surface area contributed by atoms with Gasteiger partial charge in [-0.1, -0.05) is 54.6 Å². The molecule has 2 bridgehead atoms. The van der Waals surface area contributed by atoms with E-state index in [4.69, 9.17) is 14.6 Å². The average Bonchev–Trinajstić information content (AvgIpc) is 2.99. The summed E-state index contributed by atoms with van der Waals surface area (Å²) in [4.78, 5) is 38.1. The molecule has 0 aliphatic carbocycles. The van der Waals surface area contributed by atoms with E-state index in [2.05, 4.69) is 15.5 Å². The van der Waals surface area contributed by atoms with Gasteiger partial charge >= 0.3 is 12.1 Å². The molecule has 6 rings (SSSR count). The average molecular weight is 544 g/mol. The lowest BCUT2D eigenvalue weighted by molar-refractivity contribution is -0.135. The van der Waals surface area contributed by atoms with Crippen molar-refractivity contribution >= 4 is 18.0 Å². The van der Waals surface area contributed by atoms with Crippen molar-refractivity contribution in [2.24, 2.45) is 5.92 Å². The fourth-order valence-corrected chi connectivity index (χ4v) is 5.30. The smallest absolute Gasteiger partial charge is 0.408 e. The third-order valence-corrected chi connectivity index (χ3v) is 7.46. The van der Waals surface area contributed by atoms with Crippen LogP contribution in [0.2, 0.25) is 0 Å². The monoisotopic (exact) mass is 543 g/mol. The molecule has 40 heavy (non-hydrogen) atoms. The lowest BCUT2D eigenvalue weighted by Gasteiger charge is -2.43. The van der Waals surface area contributed by atoms with E-state index in [9.17, 15) is 14.4 Å². The number of carbonyl (C=O) groups is 3. The number of rotatable bonds is 10. The molecule has 2 amide bonds. The van der Waals surface area contributed by atoms with Gasteiger partial charge in [0, 0.05) is 12.1 Å². The van der Waals surface area contributed by atoms with Gasteiger partial charge in [-0.2, -0.15) is 0 Å². The Morgan fingerprint density at radius 2 is 1.65 bits per heavy atom. The summed E-state index contributed by atoms with van der Waals surface area (Å²) in [7, 11) is 0. The molecule has 0 aromatic heterocycles. The van der Waals surface area contributed by atoms with Crippen LogP contribution in [0.4, 0.5) is 4.79 Å². The molecule has 9 nitrogen and oxygen atoms in total. The summed E-state index contributed by atoms with van der Waals surface area (Å²) >= 11 is 0. The van der Waals surface area contributed by atoms with E-state index >= 15 is 0 Å². The van der Waals surface area contributed by atoms with E-state index in [1.54, 1.807) is 24.3 Å². The van der Waals surface area contributed by atoms with Gasteiger partial charge in [-0.15, -0.1) is 0 Å². The number of hydrogen-bond donors (Lipinski definition) is 3. The van der Waals surface area contributed by atoms with Crippen molar-refractivity contribution in [1.82, 2.24) is 15.5 Å². The Morgan fingerprint density at radius 3 is 2.33 bits per heavy atom. The molecular weight excluding hydrogens is 510 g/mol. The van der Waals surface area contributed by atoms with Crippen LogP contribution in [-0.2, 0) is 16.1 Å². The lowest BCUT2D eigenvalue weighted by Crippen LogP contribution is -2.52. The maximum absolute atomic E-state index is 13.0. The fourth-order valence-electron chi connectivity index (χ4n) is 5.30. The summed E-state index contributed by atoms with van der Waals surface area (Å²) in [6.07, 6.45) is 1.63. The van der Waals surface area contributed by atoms with Crippen LogP contribution in [0, 0.1) is 5.92 Å². The van der Waals surface area contributed by atoms with Crippen molar-refractivity contribution < 1.29 is 29.0 Å². The second kappa shape index (κ2) is 12.7. The standard InChI is InChI=1S/C31H33N3O6/c35-28(36)18-32-30(37)24-11-9-21(10-12-24)20-39-26-8-4-7-25(17-26)29(23-5-2-1-3-6-23)33-31(38)40-27-19-34-15-13-22(27)14-16-34/h1-12,17,22,27,29H,13-16,18-20H2,(H,32,37)(H,33,38)(H,35,36)/t27?,29-/m0/s1. The first-order valence-electron chi connectivity index (χ1n) is 13.5. The van der Waals surface area contributed by atoms with E-state index in [1.807, 2.05) is 54.6 Å². The second-order valence-corrected chi connectivity index (χ2v) is 10.2. The largest absolute Gasteiger partial charge is 0.489 e. The maximum Gasteiger partial charge on any atom is 0.408 e. The number of amides is 2. The highest BCUT2D eigenvalue weighted by atomic mass is 16.6. The van der Waals surface area contributed by atoms with Crippen LogP contribution in [0.5, 0.6) is 5.75 Å². The van der Waals surface area contributed by atoms with Crippen molar-refractivity contribution in [3.8, 4) is 5.75 Å². The number of carboxylic acid groups (broad SMARTS) is 1. The number of nitrogens with one attached hydrogen (secondary N) is 2. The number of carboxylic acids is 1. The van der Waals surface area contributed by atoms with Gasteiger partial charge in [-0.25, -0.2) is 4.79 Å². The SMILES string of the molecule is O=C(O)CNC(=O)c1ccc(COc2cccc([C@@H](NC(=O)OC3CN4CCC3CC4)c3ccccc3)c2)cc1. The number of nitrogens with zero attached hydrogens (tertiary/aromatic N) is 1. The molecule has 3 aliphatic rings. The Morgan fingerprint density at radius 1 is 0.925 bits per heavy atom. The molecule has 3 N–H and O–H groups in total. The minimum atomic E-state index is -1.10. The number of piperidine rings is 3. The van der Waals surface area contributed by atoms with Crippen LogP contribution in [0.3, 0.4) is 0 Å². The van der Waals surface area contributed by atoms with Crippen molar-refractivity contribution in [3.63, 3.8) is 0 Å². The summed E-state index contributed by atoms with van der Waals surface area (Å²) < 4.78 is 11.9. The minimum absolute atomic E-state index is 0.0803. The quantitative estimate of drug-likeness (QED) is 0.354. The maximum atomic E-state index is 13.0. The normalized spacial score (nSPS) is 20.2. The molecule has 3 aromatic carbocycles. The van der Waals surface area contributed by atoms with Crippen LogP contribution in [0.25, 0.3) is 0 Å². The summed E-state index contributed by atoms with van der Waals surface area (Å²) in [5, 5.41) is 14.1. The number of ether oxygens (including phenoxy) is 2. The Bertz CT molecular complexity index is 1320. The zero-order chi connectivity index (χ0) is 27.9. The van der Waals surface area contributed by atoms with Gasteiger partial charge in [0.15, 0.2) is 0 Å². The number of hydrogen-bond acceptors (Lipinski definition) is 6. The van der Waals surface area contributed by atoms with Gasteiger partial charge in [0.1, 0.15) is 25.0 Å². The highest BCUT2D eigenvalue weighted by Crippen LogP contribution is 2.30. The van der Waals surface area contributed by atoms with E-state index < -0.39 is 30.6 Å². The zero-order valence-corrected chi connectivity index (χ0v) is 22.1. The highest BCUT2D eigenvalue weighted by molar-refractivity contribution is 5.95. The van der Waals surface area contributed by atoms with E-state index in [1.165, 1.54) is 0 Å². The number of carbonyl (C=O) groups excluding carboxylic acids is 2. The molecule has 9 heteroatoms. The van der Waals surface area contributed by atoms with Crippen LogP contribution < -0.4 is 15.4 Å². The number of alkyl carbamates (subject to hydrolysis) is 1. The predicted octanol–water partition coefficient (Wildman–Crippen LogP) is 3.99. The lowest BCUT2D eigenvalue weighted by atomic mass is 9.86. The van der Waals surface area contributed by atoms with Gasteiger partial charge in [-0.3, -0.25) is 14.5 Å². The fraction of sp³-hybridized carbons (Fsp3) is 0.323. The Balaban J connectivity index is 1.24. The van der Waals surface area contributed by atoms with Gasteiger partial charge in [0.2, 0.25) is 0 Å². The molecule has 3 heterocycles. The Kier molecular flexibility index (Phi) is 8.61. The number of benzene rings is 3. The van der Waals surface area contributed by atoms with E-state index in [0.717, 1.165) is 49.2 Å². The van der Waals surface area contributed by atoms with E-state index in [-0.39, 0.29) is 12.7 Å². The van der Waals surface area contributed by atoms with Gasteiger partial charge < -0.3 is 25.2 Å². The molecule has 0 saturated carbocycles. The van der Waals surface area contributed by atoms with Crippen LogP contribution in [-0.4, -0.2) is 60.3 Å². The molecule has 3 fully saturated rings.